The minimum absolute atomic E-state index is 0.0729. The lowest BCUT2D eigenvalue weighted by atomic mass is 10.2. The predicted molar refractivity (Wildman–Crippen MR) is 146 cm³/mol. The molecule has 1 amide bonds. The number of carbonyl (C=O) groups is 1. The zero-order valence-corrected chi connectivity index (χ0v) is 22.2. The summed E-state index contributed by atoms with van der Waals surface area (Å²) < 4.78 is 23.4. The molecule has 4 aromatic rings. The Morgan fingerprint density at radius 3 is 2.37 bits per heavy atom. The number of methoxy groups -OCH3 is 4. The van der Waals surface area contributed by atoms with Crippen molar-refractivity contribution in [2.75, 3.05) is 34.2 Å². The number of nitrogens with one attached hydrogen (secondary N) is 1. The van der Waals surface area contributed by atoms with Gasteiger partial charge < -0.3 is 18.9 Å². The van der Waals surface area contributed by atoms with Crippen molar-refractivity contribution in [3.8, 4) is 40.1 Å². The van der Waals surface area contributed by atoms with Crippen LogP contribution in [-0.4, -0.2) is 61.1 Å². The number of benzene rings is 3. The lowest BCUT2D eigenvalue weighted by Gasteiger charge is -2.12. The Bertz CT molecular complexity index is 1420. The van der Waals surface area contributed by atoms with Gasteiger partial charge in [0, 0.05) is 16.8 Å². The van der Waals surface area contributed by atoms with E-state index in [1.54, 1.807) is 34.5 Å². The molecule has 0 radical (unpaired) electrons. The molecule has 3 aromatic carbocycles. The number of amides is 1. The third-order valence-corrected chi connectivity index (χ3v) is 6.38. The van der Waals surface area contributed by atoms with Gasteiger partial charge in [0.15, 0.2) is 34.0 Å². The summed E-state index contributed by atoms with van der Waals surface area (Å²) in [4.78, 5) is 12.6. The van der Waals surface area contributed by atoms with Crippen molar-refractivity contribution in [2.45, 2.75) is 5.16 Å². The summed E-state index contributed by atoms with van der Waals surface area (Å²) in [6.45, 7) is 0. The summed E-state index contributed by atoms with van der Waals surface area (Å²) in [6.07, 6.45) is 1.51. The molecule has 0 atom stereocenters. The van der Waals surface area contributed by atoms with E-state index >= 15 is 0 Å². The number of thioether (sulfide) groups is 1. The molecule has 0 saturated heterocycles. The molecule has 11 heteroatoms. The molecule has 4 rings (SSSR count). The quantitative estimate of drug-likeness (QED) is 0.174. The number of hydrogen-bond acceptors (Lipinski definition) is 9. The highest BCUT2D eigenvalue weighted by atomic mass is 32.2. The van der Waals surface area contributed by atoms with Crippen LogP contribution in [0.2, 0.25) is 0 Å². The number of carbonyl (C=O) groups excluding carboxylic acids is 1. The van der Waals surface area contributed by atoms with Crippen LogP contribution in [0.5, 0.6) is 23.0 Å². The van der Waals surface area contributed by atoms with Crippen LogP contribution in [0.3, 0.4) is 0 Å². The van der Waals surface area contributed by atoms with Gasteiger partial charge in [-0.25, -0.2) is 5.43 Å². The van der Waals surface area contributed by atoms with Gasteiger partial charge in [-0.05, 0) is 42.5 Å². The summed E-state index contributed by atoms with van der Waals surface area (Å²) in [6, 6.07) is 20.6. The van der Waals surface area contributed by atoms with Crippen molar-refractivity contribution in [1.29, 1.82) is 0 Å². The SMILES string of the molecule is COc1ccc(-c2nnc(SCC(=O)N/N=C\c3cccc(OC)c3OC)n2-c2ccccc2)cc1OC. The molecule has 0 aliphatic carbocycles. The normalized spacial score (nSPS) is 10.8. The van der Waals surface area contributed by atoms with Gasteiger partial charge >= 0.3 is 0 Å². The Hall–Kier alpha value is -4.51. The van der Waals surface area contributed by atoms with Gasteiger partial charge in [-0.2, -0.15) is 5.10 Å². The van der Waals surface area contributed by atoms with Crippen LogP contribution >= 0.6 is 11.8 Å². The number of rotatable bonds is 11. The second-order valence-corrected chi connectivity index (χ2v) is 8.65. The van der Waals surface area contributed by atoms with Crippen LogP contribution in [0.15, 0.2) is 77.0 Å². The fraction of sp³-hybridized carbons (Fsp3) is 0.185. The second kappa shape index (κ2) is 12.6. The Morgan fingerprint density at radius 1 is 0.895 bits per heavy atom. The lowest BCUT2D eigenvalue weighted by molar-refractivity contribution is -0.118. The van der Waals surface area contributed by atoms with Crippen LogP contribution in [0.4, 0.5) is 0 Å². The van der Waals surface area contributed by atoms with Gasteiger partial charge in [-0.1, -0.05) is 36.0 Å². The first-order valence-electron chi connectivity index (χ1n) is 11.5. The number of nitrogens with zero attached hydrogens (tertiary/aromatic N) is 4. The van der Waals surface area contributed by atoms with E-state index in [-0.39, 0.29) is 11.7 Å². The van der Waals surface area contributed by atoms with Crippen LogP contribution in [0.1, 0.15) is 5.56 Å². The summed E-state index contributed by atoms with van der Waals surface area (Å²) in [5.74, 6) is 2.66. The topological polar surface area (TPSA) is 109 Å². The third kappa shape index (κ3) is 5.89. The minimum atomic E-state index is -0.302. The summed E-state index contributed by atoms with van der Waals surface area (Å²) in [5.41, 5.74) is 4.85. The van der Waals surface area contributed by atoms with Crippen LogP contribution in [0.25, 0.3) is 17.1 Å². The van der Waals surface area contributed by atoms with Gasteiger partial charge in [0.2, 0.25) is 0 Å². The van der Waals surface area contributed by atoms with Crippen molar-refractivity contribution < 1.29 is 23.7 Å². The maximum atomic E-state index is 12.6. The molecule has 0 unspecified atom stereocenters. The molecule has 1 N–H and O–H groups in total. The van der Waals surface area contributed by atoms with Crippen molar-refractivity contribution in [3.05, 3.63) is 72.3 Å². The van der Waals surface area contributed by atoms with E-state index in [0.717, 1.165) is 11.3 Å². The van der Waals surface area contributed by atoms with Crippen LogP contribution in [-0.2, 0) is 4.79 Å². The monoisotopic (exact) mass is 533 g/mol. The number of hydrogen-bond donors (Lipinski definition) is 1. The molecule has 38 heavy (non-hydrogen) atoms. The molecule has 0 fully saturated rings. The maximum absolute atomic E-state index is 12.6. The van der Waals surface area contributed by atoms with Gasteiger partial charge in [0.1, 0.15) is 0 Å². The Kier molecular flexibility index (Phi) is 8.83. The molecule has 0 spiro atoms. The fourth-order valence-corrected chi connectivity index (χ4v) is 4.43. The molecule has 196 valence electrons. The Balaban J connectivity index is 1.53. The van der Waals surface area contributed by atoms with Crippen molar-refractivity contribution in [1.82, 2.24) is 20.2 Å². The van der Waals surface area contributed by atoms with Gasteiger partial charge in [-0.15, -0.1) is 10.2 Å². The first-order chi connectivity index (χ1) is 18.6. The third-order valence-electron chi connectivity index (χ3n) is 5.45. The van der Waals surface area contributed by atoms with Gasteiger partial charge in [-0.3, -0.25) is 9.36 Å². The highest BCUT2D eigenvalue weighted by molar-refractivity contribution is 7.99. The summed E-state index contributed by atoms with van der Waals surface area (Å²) in [5, 5.41) is 13.4. The average molecular weight is 534 g/mol. The van der Waals surface area contributed by atoms with Crippen molar-refractivity contribution in [2.24, 2.45) is 5.10 Å². The van der Waals surface area contributed by atoms with Crippen molar-refractivity contribution in [3.63, 3.8) is 0 Å². The molecule has 10 nitrogen and oxygen atoms in total. The standard InChI is InChI=1S/C27H27N5O5S/c1-34-21-14-13-18(15-23(21)36-3)26-30-31-27(32(26)20-10-6-5-7-11-20)38-17-24(33)29-28-16-19-9-8-12-22(35-2)25(19)37-4/h5-16H,17H2,1-4H3,(H,29,33)/b28-16-. The average Bonchev–Trinajstić information content (AvgIpc) is 3.39. The molecule has 0 bridgehead atoms. The Labute approximate surface area is 224 Å². The minimum Gasteiger partial charge on any atom is -0.493 e. The van der Waals surface area contributed by atoms with Gasteiger partial charge in [0.25, 0.3) is 5.91 Å². The zero-order chi connectivity index (χ0) is 26.9. The summed E-state index contributed by atoms with van der Waals surface area (Å²) >= 11 is 1.25. The zero-order valence-electron chi connectivity index (χ0n) is 21.4. The van der Waals surface area contributed by atoms with E-state index < -0.39 is 0 Å². The van der Waals surface area contributed by atoms with E-state index in [1.165, 1.54) is 18.0 Å². The maximum Gasteiger partial charge on any atom is 0.250 e. The first kappa shape index (κ1) is 26.6. The molecule has 0 saturated carbocycles. The molecular weight excluding hydrogens is 506 g/mol. The Morgan fingerprint density at radius 2 is 1.66 bits per heavy atom. The van der Waals surface area contributed by atoms with E-state index in [2.05, 4.69) is 20.7 Å². The second-order valence-electron chi connectivity index (χ2n) is 7.71. The van der Waals surface area contributed by atoms with Crippen LogP contribution < -0.4 is 24.4 Å². The molecule has 0 aliphatic rings. The smallest absolute Gasteiger partial charge is 0.250 e. The van der Waals surface area contributed by atoms with E-state index in [0.29, 0.717) is 39.5 Å². The predicted octanol–water partition coefficient (Wildman–Crippen LogP) is 4.21. The van der Waals surface area contributed by atoms with E-state index in [9.17, 15) is 4.79 Å². The number of hydrazone groups is 1. The van der Waals surface area contributed by atoms with Crippen molar-refractivity contribution >= 4 is 23.9 Å². The number of aromatic nitrogens is 3. The molecule has 1 heterocycles. The van der Waals surface area contributed by atoms with E-state index in [4.69, 9.17) is 18.9 Å². The number of para-hydroxylation sites is 2. The number of ether oxygens (including phenoxy) is 4. The van der Waals surface area contributed by atoms with Crippen LogP contribution in [0, 0.1) is 0 Å². The van der Waals surface area contributed by atoms with E-state index in [1.807, 2.05) is 65.2 Å². The van der Waals surface area contributed by atoms with Gasteiger partial charge in [0.05, 0.1) is 40.4 Å². The summed E-state index contributed by atoms with van der Waals surface area (Å²) in [7, 11) is 6.27. The molecule has 0 aliphatic heterocycles. The largest absolute Gasteiger partial charge is 0.493 e. The highest BCUT2D eigenvalue weighted by Crippen LogP contribution is 2.34. The molecule has 1 aromatic heterocycles. The molecular formula is C27H27N5O5S. The fourth-order valence-electron chi connectivity index (χ4n) is 3.69. The lowest BCUT2D eigenvalue weighted by Crippen LogP contribution is -2.20. The first-order valence-corrected chi connectivity index (χ1v) is 12.5. The highest BCUT2D eigenvalue weighted by Gasteiger charge is 2.19.